The van der Waals surface area contributed by atoms with Crippen molar-refractivity contribution in [3.63, 3.8) is 0 Å². The summed E-state index contributed by atoms with van der Waals surface area (Å²) in [6, 6.07) is 2.42. The van der Waals surface area contributed by atoms with E-state index in [9.17, 15) is 8.78 Å². The molecule has 1 aromatic carbocycles. The predicted molar refractivity (Wildman–Crippen MR) is 65.4 cm³/mol. The molecule has 1 atom stereocenters. The summed E-state index contributed by atoms with van der Waals surface area (Å²) in [7, 11) is 3.04. The average Bonchev–Trinajstić information content (AvgIpc) is 2.36. The van der Waals surface area contributed by atoms with E-state index in [-0.39, 0.29) is 24.9 Å². The highest BCUT2D eigenvalue weighted by molar-refractivity contribution is 5.48. The second kappa shape index (κ2) is 7.25. The molecule has 1 unspecified atom stereocenters. The lowest BCUT2D eigenvalue weighted by Gasteiger charge is -2.16. The quantitative estimate of drug-likeness (QED) is 0.780. The summed E-state index contributed by atoms with van der Waals surface area (Å²) in [6.45, 7) is 0.687. The van der Waals surface area contributed by atoms with Crippen LogP contribution in [0, 0.1) is 11.6 Å². The van der Waals surface area contributed by atoms with Crippen LogP contribution in [0.25, 0.3) is 0 Å². The number of halogens is 2. The molecule has 0 spiro atoms. The highest BCUT2D eigenvalue weighted by Gasteiger charge is 2.13. The number of nitrogens with two attached hydrogens (primary N) is 1. The lowest BCUT2D eigenvalue weighted by molar-refractivity contribution is 0.0365. The van der Waals surface area contributed by atoms with E-state index < -0.39 is 11.6 Å². The Labute approximate surface area is 105 Å². The molecule has 0 heterocycles. The van der Waals surface area contributed by atoms with Crippen molar-refractivity contribution in [2.45, 2.75) is 12.6 Å². The van der Waals surface area contributed by atoms with Gasteiger partial charge in [0, 0.05) is 27.3 Å². The van der Waals surface area contributed by atoms with Gasteiger partial charge in [-0.1, -0.05) is 0 Å². The number of hydrogen-bond acceptors (Lipinski definition) is 4. The zero-order valence-electron chi connectivity index (χ0n) is 10.5. The third-order valence-corrected chi connectivity index (χ3v) is 2.53. The van der Waals surface area contributed by atoms with E-state index in [2.05, 4.69) is 5.32 Å². The molecule has 4 nitrogen and oxygen atoms in total. The van der Waals surface area contributed by atoms with Crippen LogP contribution in [0.4, 0.5) is 14.5 Å². The lowest BCUT2D eigenvalue weighted by atomic mass is 10.2. The van der Waals surface area contributed by atoms with Gasteiger partial charge in [-0.05, 0) is 17.7 Å². The maximum Gasteiger partial charge on any atom is 0.149 e. The van der Waals surface area contributed by atoms with Gasteiger partial charge < -0.3 is 20.5 Å². The minimum absolute atomic E-state index is 0.0957. The largest absolute Gasteiger partial charge is 0.382 e. The first-order chi connectivity index (χ1) is 8.62. The zero-order chi connectivity index (χ0) is 13.5. The summed E-state index contributed by atoms with van der Waals surface area (Å²) >= 11 is 0. The lowest BCUT2D eigenvalue weighted by Crippen LogP contribution is -2.27. The first-order valence-corrected chi connectivity index (χ1v) is 5.56. The molecule has 0 bridgehead atoms. The molecular weight excluding hydrogens is 242 g/mol. The number of hydrogen-bond donors (Lipinski definition) is 2. The fourth-order valence-corrected chi connectivity index (χ4v) is 1.52. The van der Waals surface area contributed by atoms with Crippen molar-refractivity contribution < 1.29 is 18.3 Å². The molecule has 0 saturated heterocycles. The van der Waals surface area contributed by atoms with Crippen molar-refractivity contribution in [3.8, 4) is 0 Å². The molecule has 102 valence electrons. The van der Waals surface area contributed by atoms with Crippen LogP contribution in [-0.4, -0.2) is 33.5 Å². The molecule has 0 fully saturated rings. The SMILES string of the molecule is COCC(CNc1c(F)cc(CN)cc1F)OC. The van der Waals surface area contributed by atoms with Gasteiger partial charge in [0.25, 0.3) is 0 Å². The van der Waals surface area contributed by atoms with E-state index >= 15 is 0 Å². The van der Waals surface area contributed by atoms with Gasteiger partial charge in [0.05, 0.1) is 12.7 Å². The van der Waals surface area contributed by atoms with Crippen LogP contribution in [-0.2, 0) is 16.0 Å². The molecule has 3 N–H and O–H groups in total. The van der Waals surface area contributed by atoms with Gasteiger partial charge in [0.1, 0.15) is 17.3 Å². The number of benzene rings is 1. The average molecular weight is 260 g/mol. The molecule has 0 saturated carbocycles. The molecule has 0 aliphatic rings. The van der Waals surface area contributed by atoms with Gasteiger partial charge in [-0.25, -0.2) is 8.78 Å². The topological polar surface area (TPSA) is 56.5 Å². The van der Waals surface area contributed by atoms with E-state index in [0.717, 1.165) is 0 Å². The van der Waals surface area contributed by atoms with E-state index in [0.29, 0.717) is 12.2 Å². The molecule has 18 heavy (non-hydrogen) atoms. The minimum atomic E-state index is -0.664. The molecule has 0 aromatic heterocycles. The van der Waals surface area contributed by atoms with Crippen LogP contribution < -0.4 is 11.1 Å². The van der Waals surface area contributed by atoms with Crippen LogP contribution in [0.15, 0.2) is 12.1 Å². The predicted octanol–water partition coefficient (Wildman–Crippen LogP) is 1.50. The van der Waals surface area contributed by atoms with E-state index in [1.54, 1.807) is 0 Å². The highest BCUT2D eigenvalue weighted by Crippen LogP contribution is 2.20. The van der Waals surface area contributed by atoms with Crippen molar-refractivity contribution in [1.82, 2.24) is 0 Å². The van der Waals surface area contributed by atoms with E-state index in [1.165, 1.54) is 26.4 Å². The number of nitrogens with one attached hydrogen (secondary N) is 1. The standard InChI is InChI=1S/C12H18F2N2O2/c1-17-7-9(18-2)6-16-12-10(13)3-8(5-15)4-11(12)14/h3-4,9,16H,5-7,15H2,1-2H3. The van der Waals surface area contributed by atoms with E-state index in [1.807, 2.05) is 0 Å². The normalized spacial score (nSPS) is 12.5. The van der Waals surface area contributed by atoms with Crippen LogP contribution in [0.3, 0.4) is 0 Å². The molecule has 0 amide bonds. The Kier molecular flexibility index (Phi) is 5.97. The summed E-state index contributed by atoms with van der Waals surface area (Å²) in [6.07, 6.45) is -0.275. The second-order valence-corrected chi connectivity index (χ2v) is 3.83. The van der Waals surface area contributed by atoms with Gasteiger partial charge in [-0.2, -0.15) is 0 Å². The fourth-order valence-electron chi connectivity index (χ4n) is 1.52. The van der Waals surface area contributed by atoms with Gasteiger partial charge >= 0.3 is 0 Å². The minimum Gasteiger partial charge on any atom is -0.382 e. The molecular formula is C12H18F2N2O2. The maximum absolute atomic E-state index is 13.6. The summed E-state index contributed by atoms with van der Waals surface area (Å²) in [5.74, 6) is -1.33. The molecule has 0 aliphatic heterocycles. The summed E-state index contributed by atoms with van der Waals surface area (Å²) < 4.78 is 37.2. The maximum atomic E-state index is 13.6. The Morgan fingerprint density at radius 3 is 2.33 bits per heavy atom. The highest BCUT2D eigenvalue weighted by atomic mass is 19.1. The second-order valence-electron chi connectivity index (χ2n) is 3.83. The first-order valence-electron chi connectivity index (χ1n) is 5.56. The molecule has 6 heteroatoms. The Hall–Kier alpha value is -1.24. The van der Waals surface area contributed by atoms with Crippen LogP contribution in [0.5, 0.6) is 0 Å². The van der Waals surface area contributed by atoms with Crippen LogP contribution >= 0.6 is 0 Å². The first kappa shape index (κ1) is 14.8. The number of methoxy groups -OCH3 is 2. The van der Waals surface area contributed by atoms with Crippen molar-refractivity contribution >= 4 is 5.69 Å². The third kappa shape index (κ3) is 3.90. The van der Waals surface area contributed by atoms with Gasteiger partial charge in [0.2, 0.25) is 0 Å². The molecule has 1 rings (SSSR count). The molecule has 0 radical (unpaired) electrons. The van der Waals surface area contributed by atoms with Crippen LogP contribution in [0.2, 0.25) is 0 Å². The Morgan fingerprint density at radius 2 is 1.89 bits per heavy atom. The van der Waals surface area contributed by atoms with Crippen molar-refractivity contribution in [3.05, 3.63) is 29.3 Å². The summed E-state index contributed by atoms with van der Waals surface area (Å²) in [5, 5.41) is 2.67. The smallest absolute Gasteiger partial charge is 0.149 e. The number of anilines is 1. The molecule has 0 aliphatic carbocycles. The zero-order valence-corrected chi connectivity index (χ0v) is 10.5. The van der Waals surface area contributed by atoms with Crippen LogP contribution in [0.1, 0.15) is 5.56 Å². The Balaban J connectivity index is 2.72. The van der Waals surface area contributed by atoms with Gasteiger partial charge in [-0.15, -0.1) is 0 Å². The Morgan fingerprint density at radius 1 is 1.28 bits per heavy atom. The van der Waals surface area contributed by atoms with Gasteiger partial charge in [0.15, 0.2) is 0 Å². The van der Waals surface area contributed by atoms with Crippen molar-refractivity contribution in [2.24, 2.45) is 5.73 Å². The van der Waals surface area contributed by atoms with Crippen molar-refractivity contribution in [2.75, 3.05) is 32.7 Å². The fraction of sp³-hybridized carbons (Fsp3) is 0.500. The summed E-state index contributed by atoms with van der Waals surface area (Å²) in [4.78, 5) is 0. The van der Waals surface area contributed by atoms with Crippen molar-refractivity contribution in [1.29, 1.82) is 0 Å². The van der Waals surface area contributed by atoms with E-state index in [4.69, 9.17) is 15.2 Å². The Bertz CT molecular complexity index is 365. The third-order valence-electron chi connectivity index (χ3n) is 2.53. The number of rotatable bonds is 7. The monoisotopic (exact) mass is 260 g/mol. The molecule has 1 aromatic rings. The summed E-state index contributed by atoms with van der Waals surface area (Å²) in [5.41, 5.74) is 5.57. The van der Waals surface area contributed by atoms with Gasteiger partial charge in [-0.3, -0.25) is 0 Å². The number of ether oxygens (including phenoxy) is 2.